The van der Waals surface area contributed by atoms with Crippen molar-refractivity contribution in [3.63, 3.8) is 0 Å². The summed E-state index contributed by atoms with van der Waals surface area (Å²) in [6.07, 6.45) is -1.90. The molecule has 3 rings (SSSR count). The van der Waals surface area contributed by atoms with E-state index >= 15 is 0 Å². The Morgan fingerprint density at radius 2 is 1.31 bits per heavy atom. The van der Waals surface area contributed by atoms with Crippen LogP contribution >= 0.6 is 0 Å². The third-order valence-electron chi connectivity index (χ3n) is 4.53. The van der Waals surface area contributed by atoms with Gasteiger partial charge in [0.05, 0.1) is 11.0 Å². The molecule has 0 aliphatic heterocycles. The number of rotatable bonds is 6. The van der Waals surface area contributed by atoms with Crippen LogP contribution in [0, 0.1) is 0 Å². The quantitative estimate of drug-likeness (QED) is 0.361. The van der Waals surface area contributed by atoms with Crippen LogP contribution in [-0.4, -0.2) is 47.3 Å². The third-order valence-corrected chi connectivity index (χ3v) is 11.3. The van der Waals surface area contributed by atoms with Crippen LogP contribution in [0.25, 0.3) is 21.8 Å². The van der Waals surface area contributed by atoms with Crippen molar-refractivity contribution in [1.29, 1.82) is 0 Å². The van der Waals surface area contributed by atoms with Crippen molar-refractivity contribution in [3.8, 4) is 0 Å². The highest BCUT2D eigenvalue weighted by molar-refractivity contribution is 8.21. The molecular weight excluding hydrogens is 446 g/mol. The number of pyridine rings is 1. The fraction of sp³-hybridized carbons (Fsp3) is 0.188. The zero-order valence-corrected chi connectivity index (χ0v) is 16.9. The van der Waals surface area contributed by atoms with E-state index in [1.807, 2.05) is 0 Å². The lowest BCUT2D eigenvalue weighted by Gasteiger charge is -2.24. The Labute approximate surface area is 166 Å². The Hall–Kier alpha value is -2.16. The SMILES string of the molecule is O=S(=O)(O)C(CCc1cccc2nc3ccccc3cc12)(S(=O)(=O)O)S(=O)(=O)O. The van der Waals surface area contributed by atoms with Gasteiger partial charge in [0.1, 0.15) is 0 Å². The maximum Gasteiger partial charge on any atom is 0.345 e. The van der Waals surface area contributed by atoms with Crippen molar-refractivity contribution in [2.75, 3.05) is 0 Å². The zero-order valence-electron chi connectivity index (χ0n) is 14.5. The van der Waals surface area contributed by atoms with Crippen molar-refractivity contribution in [2.45, 2.75) is 16.3 Å². The average molecular weight is 461 g/mol. The molecule has 3 N–H and O–H groups in total. The lowest BCUT2D eigenvalue weighted by molar-refractivity contribution is 0.416. The number of nitrogens with zero attached hydrogens (tertiary/aromatic N) is 1. The number of benzene rings is 2. The molecule has 3 aromatic rings. The second kappa shape index (κ2) is 6.97. The van der Waals surface area contributed by atoms with E-state index in [0.29, 0.717) is 22.0 Å². The minimum absolute atomic E-state index is 0.293. The fourth-order valence-electron chi connectivity index (χ4n) is 3.15. The number of hydrogen-bond acceptors (Lipinski definition) is 7. The predicted octanol–water partition coefficient (Wildman–Crippen LogP) is 1.64. The summed E-state index contributed by atoms with van der Waals surface area (Å²) in [6, 6.07) is 13.4. The van der Waals surface area contributed by atoms with Crippen LogP contribution in [0.4, 0.5) is 0 Å². The lowest BCUT2D eigenvalue weighted by atomic mass is 10.0. The van der Waals surface area contributed by atoms with Gasteiger partial charge in [0, 0.05) is 17.2 Å². The van der Waals surface area contributed by atoms with Gasteiger partial charge in [-0.05, 0) is 30.2 Å². The predicted molar refractivity (Wildman–Crippen MR) is 105 cm³/mol. The van der Waals surface area contributed by atoms with E-state index in [9.17, 15) is 38.9 Å². The molecule has 10 nitrogen and oxygen atoms in total. The van der Waals surface area contributed by atoms with Crippen LogP contribution in [0.1, 0.15) is 12.0 Å². The molecule has 0 atom stereocenters. The van der Waals surface area contributed by atoms with Gasteiger partial charge in [0.2, 0.25) is 0 Å². The van der Waals surface area contributed by atoms with E-state index in [1.165, 1.54) is 12.1 Å². The van der Waals surface area contributed by atoms with Crippen LogP contribution in [0.15, 0.2) is 48.5 Å². The number of aromatic nitrogens is 1. The van der Waals surface area contributed by atoms with E-state index in [1.54, 1.807) is 36.4 Å². The van der Waals surface area contributed by atoms with Crippen LogP contribution in [-0.2, 0) is 36.8 Å². The Morgan fingerprint density at radius 3 is 1.90 bits per heavy atom. The first-order chi connectivity index (χ1) is 13.3. The summed E-state index contributed by atoms with van der Waals surface area (Å²) in [5, 5.41) is 1.19. The van der Waals surface area contributed by atoms with Crippen molar-refractivity contribution < 1.29 is 38.9 Å². The van der Waals surface area contributed by atoms with Crippen molar-refractivity contribution >= 4 is 52.2 Å². The van der Waals surface area contributed by atoms with E-state index < -0.39 is 46.6 Å². The Bertz CT molecular complexity index is 1350. The molecule has 0 spiro atoms. The Kier molecular flexibility index (Phi) is 5.18. The molecule has 0 saturated heterocycles. The van der Waals surface area contributed by atoms with E-state index in [0.717, 1.165) is 5.39 Å². The van der Waals surface area contributed by atoms with Crippen LogP contribution in [0.5, 0.6) is 0 Å². The van der Waals surface area contributed by atoms with Gasteiger partial charge in [-0.25, -0.2) is 4.98 Å². The third kappa shape index (κ3) is 3.60. The standard InChI is InChI=1S/C16H15NO9S3/c18-27(19,20)16(28(21,22)23,29(24,25)26)9-8-11-5-3-7-15-13(11)10-12-4-1-2-6-14(12)17-15/h1-7,10H,8-9H2,(H,18,19,20)(H,21,22,23)(H,24,25,26). The number of para-hydroxylation sites is 1. The second-order valence-corrected chi connectivity index (χ2v) is 12.0. The summed E-state index contributed by atoms with van der Waals surface area (Å²) < 4.78 is 93.7. The molecule has 13 heteroatoms. The largest absolute Gasteiger partial charge is 0.345 e. The molecule has 156 valence electrons. The first kappa shape index (κ1) is 21.5. The number of fused-ring (bicyclic) bond motifs is 2. The number of aryl methyl sites for hydroxylation is 1. The molecule has 0 bridgehead atoms. The highest BCUT2D eigenvalue weighted by Gasteiger charge is 2.64. The lowest BCUT2D eigenvalue weighted by Crippen LogP contribution is -2.52. The minimum Gasteiger partial charge on any atom is -0.283 e. The van der Waals surface area contributed by atoms with Gasteiger partial charge >= 0.3 is 33.8 Å². The number of hydrogen-bond donors (Lipinski definition) is 3. The van der Waals surface area contributed by atoms with Gasteiger partial charge in [-0.15, -0.1) is 0 Å². The van der Waals surface area contributed by atoms with Gasteiger partial charge in [0.15, 0.2) is 0 Å². The molecule has 0 aliphatic carbocycles. The van der Waals surface area contributed by atoms with Crippen molar-refractivity contribution in [2.24, 2.45) is 0 Å². The normalized spacial score (nSPS) is 13.8. The van der Waals surface area contributed by atoms with Gasteiger partial charge in [0.25, 0.3) is 0 Å². The highest BCUT2D eigenvalue weighted by atomic mass is 32.3. The van der Waals surface area contributed by atoms with Gasteiger partial charge in [-0.2, -0.15) is 25.3 Å². The van der Waals surface area contributed by atoms with Crippen molar-refractivity contribution in [3.05, 3.63) is 54.1 Å². The first-order valence-corrected chi connectivity index (χ1v) is 12.3. The zero-order chi connectivity index (χ0) is 21.7. The van der Waals surface area contributed by atoms with E-state index in [2.05, 4.69) is 4.98 Å². The summed E-state index contributed by atoms with van der Waals surface area (Å²) >= 11 is 0. The monoisotopic (exact) mass is 461 g/mol. The molecule has 0 amide bonds. The van der Waals surface area contributed by atoms with Crippen LogP contribution < -0.4 is 0 Å². The van der Waals surface area contributed by atoms with Gasteiger partial charge in [-0.1, -0.05) is 30.3 Å². The van der Waals surface area contributed by atoms with E-state index in [4.69, 9.17) is 0 Å². The first-order valence-electron chi connectivity index (χ1n) is 7.96. The Morgan fingerprint density at radius 1 is 0.759 bits per heavy atom. The maximum atomic E-state index is 11.7. The summed E-state index contributed by atoms with van der Waals surface area (Å²) in [6.45, 7) is 0. The molecule has 0 aliphatic rings. The molecular formula is C16H15NO9S3. The second-order valence-electron chi connectivity index (χ2n) is 6.27. The van der Waals surface area contributed by atoms with Gasteiger partial charge in [-0.3, -0.25) is 13.7 Å². The molecule has 0 saturated carbocycles. The molecule has 1 aromatic heterocycles. The summed E-state index contributed by atoms with van der Waals surface area (Å²) in [4.78, 5) is 4.43. The van der Waals surface area contributed by atoms with Gasteiger partial charge < -0.3 is 0 Å². The van der Waals surface area contributed by atoms with Crippen LogP contribution in [0.3, 0.4) is 0 Å². The summed E-state index contributed by atoms with van der Waals surface area (Å²) in [5.41, 5.74) is 1.43. The molecule has 2 aromatic carbocycles. The molecule has 1 heterocycles. The smallest absolute Gasteiger partial charge is 0.283 e. The maximum absolute atomic E-state index is 11.7. The molecule has 0 unspecified atom stereocenters. The average Bonchev–Trinajstić information content (AvgIpc) is 2.57. The summed E-state index contributed by atoms with van der Waals surface area (Å²) in [7, 11) is -18.0. The molecule has 0 fully saturated rings. The Balaban J connectivity index is 2.18. The minimum atomic E-state index is -5.99. The van der Waals surface area contributed by atoms with Crippen molar-refractivity contribution in [1.82, 2.24) is 4.98 Å². The fourth-order valence-corrected chi connectivity index (χ4v) is 7.43. The van der Waals surface area contributed by atoms with Crippen LogP contribution in [0.2, 0.25) is 0 Å². The summed E-state index contributed by atoms with van der Waals surface area (Å²) in [5.74, 6) is 0. The molecule has 29 heavy (non-hydrogen) atoms. The van der Waals surface area contributed by atoms with E-state index in [-0.39, 0.29) is 0 Å². The molecule has 0 radical (unpaired) electrons. The topological polar surface area (TPSA) is 176 Å². The highest BCUT2D eigenvalue weighted by Crippen LogP contribution is 2.35.